The van der Waals surface area contributed by atoms with Crippen molar-refractivity contribution in [3.63, 3.8) is 0 Å². The van der Waals surface area contributed by atoms with E-state index in [2.05, 4.69) is 4.98 Å². The fraction of sp³-hybridized carbons (Fsp3) is 0.571. The maximum atomic E-state index is 11.7. The summed E-state index contributed by atoms with van der Waals surface area (Å²) < 4.78 is 16.2. The van der Waals surface area contributed by atoms with E-state index in [1.165, 1.54) is 7.11 Å². The number of hydrogen-bond acceptors (Lipinski definition) is 7. The highest BCUT2D eigenvalue weighted by molar-refractivity contribution is 5.97. The number of nitrogens with zero attached hydrogens (tertiary/aromatic N) is 2. The maximum Gasteiger partial charge on any atom is 0.340 e. The van der Waals surface area contributed by atoms with Gasteiger partial charge >= 0.3 is 5.97 Å². The zero-order valence-electron chi connectivity index (χ0n) is 12.0. The van der Waals surface area contributed by atoms with Gasteiger partial charge in [-0.3, -0.25) is 0 Å². The van der Waals surface area contributed by atoms with Crippen molar-refractivity contribution in [2.45, 2.75) is 18.6 Å². The summed E-state index contributed by atoms with van der Waals surface area (Å²) in [6, 6.07) is 1.56. The minimum absolute atomic E-state index is 0.329. The fourth-order valence-corrected chi connectivity index (χ4v) is 2.90. The van der Waals surface area contributed by atoms with Crippen molar-refractivity contribution in [3.8, 4) is 0 Å². The number of ether oxygens (including phenoxy) is 3. The summed E-state index contributed by atoms with van der Waals surface area (Å²) in [5, 5.41) is 0. The molecule has 21 heavy (non-hydrogen) atoms. The van der Waals surface area contributed by atoms with Crippen LogP contribution in [-0.2, 0) is 14.2 Å². The predicted octanol–water partition coefficient (Wildman–Crippen LogP) is 0.794. The van der Waals surface area contributed by atoms with E-state index in [9.17, 15) is 4.79 Å². The average molecular weight is 293 g/mol. The van der Waals surface area contributed by atoms with Crippen molar-refractivity contribution in [3.05, 3.63) is 17.8 Å². The SMILES string of the molecule is COC(=O)c1ccnc(N2CCCC3(C2)OCCO3)c1N. The van der Waals surface area contributed by atoms with Gasteiger partial charge in [0.2, 0.25) is 0 Å². The Balaban J connectivity index is 1.88. The van der Waals surface area contributed by atoms with E-state index < -0.39 is 11.8 Å². The van der Waals surface area contributed by atoms with Crippen molar-refractivity contribution in [2.24, 2.45) is 0 Å². The molecule has 7 nitrogen and oxygen atoms in total. The summed E-state index contributed by atoms with van der Waals surface area (Å²) in [7, 11) is 1.33. The fourth-order valence-electron chi connectivity index (χ4n) is 2.90. The summed E-state index contributed by atoms with van der Waals surface area (Å²) >= 11 is 0. The molecule has 0 radical (unpaired) electrons. The second-order valence-electron chi connectivity index (χ2n) is 5.22. The molecule has 7 heteroatoms. The summed E-state index contributed by atoms with van der Waals surface area (Å²) in [6.07, 6.45) is 3.35. The van der Waals surface area contributed by atoms with Gasteiger partial charge in [0.1, 0.15) is 0 Å². The number of nitrogen functional groups attached to an aromatic ring is 1. The Morgan fingerprint density at radius 2 is 2.24 bits per heavy atom. The minimum Gasteiger partial charge on any atom is -0.465 e. The Kier molecular flexibility index (Phi) is 3.69. The van der Waals surface area contributed by atoms with Gasteiger partial charge in [-0.2, -0.15) is 0 Å². The smallest absolute Gasteiger partial charge is 0.340 e. The highest BCUT2D eigenvalue weighted by atomic mass is 16.7. The number of piperidine rings is 1. The maximum absolute atomic E-state index is 11.7. The minimum atomic E-state index is -0.562. The zero-order valence-corrected chi connectivity index (χ0v) is 12.0. The Labute approximate surface area is 123 Å². The summed E-state index contributed by atoms with van der Waals surface area (Å²) in [5.41, 5.74) is 6.75. The van der Waals surface area contributed by atoms with Gasteiger partial charge in [0.15, 0.2) is 11.6 Å². The molecule has 2 N–H and O–H groups in total. The van der Waals surface area contributed by atoms with Gasteiger partial charge in [-0.25, -0.2) is 9.78 Å². The molecular weight excluding hydrogens is 274 g/mol. The highest BCUT2D eigenvalue weighted by Gasteiger charge is 2.41. The first-order valence-corrected chi connectivity index (χ1v) is 7.01. The monoisotopic (exact) mass is 293 g/mol. The van der Waals surface area contributed by atoms with E-state index in [0.29, 0.717) is 36.8 Å². The molecule has 0 atom stereocenters. The number of rotatable bonds is 2. The second-order valence-corrected chi connectivity index (χ2v) is 5.22. The summed E-state index contributed by atoms with van der Waals surface area (Å²) in [4.78, 5) is 18.0. The molecule has 2 fully saturated rings. The van der Waals surface area contributed by atoms with Crippen LogP contribution in [-0.4, -0.2) is 50.2 Å². The number of pyridine rings is 1. The van der Waals surface area contributed by atoms with Crippen LogP contribution < -0.4 is 10.6 Å². The van der Waals surface area contributed by atoms with E-state index in [0.717, 1.165) is 19.4 Å². The molecule has 0 unspecified atom stereocenters. The van der Waals surface area contributed by atoms with Gasteiger partial charge in [-0.05, 0) is 12.5 Å². The number of anilines is 2. The second kappa shape index (κ2) is 5.50. The average Bonchev–Trinajstić information content (AvgIpc) is 2.94. The largest absolute Gasteiger partial charge is 0.465 e. The van der Waals surface area contributed by atoms with Crippen LogP contribution in [0.25, 0.3) is 0 Å². The van der Waals surface area contributed by atoms with Gasteiger partial charge in [0, 0.05) is 19.2 Å². The molecule has 0 amide bonds. The lowest BCUT2D eigenvalue weighted by atomic mass is 10.0. The quantitative estimate of drug-likeness (QED) is 0.807. The van der Waals surface area contributed by atoms with Crippen molar-refractivity contribution >= 4 is 17.5 Å². The molecule has 0 bridgehead atoms. The van der Waals surface area contributed by atoms with Crippen LogP contribution >= 0.6 is 0 Å². The molecule has 2 aliphatic heterocycles. The molecule has 114 valence electrons. The van der Waals surface area contributed by atoms with Crippen LogP contribution in [0.1, 0.15) is 23.2 Å². The Bertz CT molecular complexity index is 543. The van der Waals surface area contributed by atoms with Crippen molar-refractivity contribution < 1.29 is 19.0 Å². The molecule has 1 spiro atoms. The van der Waals surface area contributed by atoms with Gasteiger partial charge in [0.25, 0.3) is 0 Å². The third kappa shape index (κ3) is 2.54. The van der Waals surface area contributed by atoms with Gasteiger partial charge in [0.05, 0.1) is 38.1 Å². The van der Waals surface area contributed by atoms with E-state index in [1.54, 1.807) is 12.3 Å². The third-order valence-electron chi connectivity index (χ3n) is 3.90. The number of carbonyl (C=O) groups is 1. The number of hydrogen-bond donors (Lipinski definition) is 1. The first-order valence-electron chi connectivity index (χ1n) is 7.01. The molecular formula is C14H19N3O4. The molecule has 2 saturated heterocycles. The molecule has 3 heterocycles. The highest BCUT2D eigenvalue weighted by Crippen LogP contribution is 2.34. The third-order valence-corrected chi connectivity index (χ3v) is 3.90. The lowest BCUT2D eigenvalue weighted by Crippen LogP contribution is -2.49. The normalized spacial score (nSPS) is 20.7. The standard InChI is InChI=1S/C14H19N3O4/c1-19-13(18)10-3-5-16-12(11(10)15)17-6-2-4-14(9-17)20-7-8-21-14/h3,5H,2,4,6-9,15H2,1H3. The van der Waals surface area contributed by atoms with Crippen molar-refractivity contribution in [1.29, 1.82) is 0 Å². The van der Waals surface area contributed by atoms with Crippen LogP contribution in [0.3, 0.4) is 0 Å². The van der Waals surface area contributed by atoms with Crippen LogP contribution in [0.15, 0.2) is 12.3 Å². The first kappa shape index (κ1) is 14.1. The molecule has 1 aromatic rings. The Morgan fingerprint density at radius 1 is 1.48 bits per heavy atom. The van der Waals surface area contributed by atoms with E-state index in [1.807, 2.05) is 4.90 Å². The van der Waals surface area contributed by atoms with Crippen molar-refractivity contribution in [2.75, 3.05) is 44.0 Å². The number of methoxy groups -OCH3 is 1. The topological polar surface area (TPSA) is 86.9 Å². The molecule has 0 aliphatic carbocycles. The summed E-state index contributed by atoms with van der Waals surface area (Å²) in [5.74, 6) is -0.444. The van der Waals surface area contributed by atoms with Gasteiger partial charge in [-0.1, -0.05) is 0 Å². The lowest BCUT2D eigenvalue weighted by Gasteiger charge is -2.39. The summed E-state index contributed by atoms with van der Waals surface area (Å²) in [6.45, 7) is 2.59. The van der Waals surface area contributed by atoms with Crippen LogP contribution in [0.5, 0.6) is 0 Å². The van der Waals surface area contributed by atoms with E-state index in [-0.39, 0.29) is 0 Å². The predicted molar refractivity (Wildman–Crippen MR) is 76.1 cm³/mol. The van der Waals surface area contributed by atoms with Gasteiger partial charge in [-0.15, -0.1) is 0 Å². The molecule has 0 saturated carbocycles. The van der Waals surface area contributed by atoms with E-state index >= 15 is 0 Å². The van der Waals surface area contributed by atoms with Crippen molar-refractivity contribution in [1.82, 2.24) is 4.98 Å². The molecule has 2 aliphatic rings. The number of esters is 1. The Morgan fingerprint density at radius 3 is 2.95 bits per heavy atom. The molecule has 0 aromatic carbocycles. The lowest BCUT2D eigenvalue weighted by molar-refractivity contribution is -0.161. The van der Waals surface area contributed by atoms with Crippen LogP contribution in [0, 0.1) is 0 Å². The number of aromatic nitrogens is 1. The number of carbonyl (C=O) groups excluding carboxylic acids is 1. The zero-order chi connectivity index (χ0) is 14.9. The van der Waals surface area contributed by atoms with Gasteiger partial charge < -0.3 is 24.8 Å². The van der Waals surface area contributed by atoms with E-state index in [4.69, 9.17) is 19.9 Å². The first-order chi connectivity index (χ1) is 10.2. The number of nitrogens with two attached hydrogens (primary N) is 1. The van der Waals surface area contributed by atoms with Crippen LogP contribution in [0.2, 0.25) is 0 Å². The Hall–Kier alpha value is -1.86. The molecule has 3 rings (SSSR count). The van der Waals surface area contributed by atoms with Crippen LogP contribution in [0.4, 0.5) is 11.5 Å². The molecule has 1 aromatic heterocycles.